The van der Waals surface area contributed by atoms with Gasteiger partial charge in [0.2, 0.25) is 0 Å². The minimum Gasteiger partial charge on any atom is -0.315 e. The van der Waals surface area contributed by atoms with E-state index < -0.39 is 0 Å². The van der Waals surface area contributed by atoms with E-state index in [1.54, 1.807) is 0 Å². The smallest absolute Gasteiger partial charge is 0.0222 e. The highest BCUT2D eigenvalue weighted by atomic mass is 15.3. The molecule has 2 saturated heterocycles. The molecular formula is C13H27N3. The predicted octanol–water partition coefficient (Wildman–Crippen LogP) is 1.15. The fourth-order valence-electron chi connectivity index (χ4n) is 2.90. The molecule has 2 fully saturated rings. The van der Waals surface area contributed by atoms with Crippen molar-refractivity contribution >= 4 is 0 Å². The second-order valence-electron chi connectivity index (χ2n) is 6.19. The molecule has 94 valence electrons. The monoisotopic (exact) mass is 225 g/mol. The summed E-state index contributed by atoms with van der Waals surface area (Å²) in [6.45, 7) is 14.4. The zero-order valence-corrected chi connectivity index (χ0v) is 11.1. The third-order valence-corrected chi connectivity index (χ3v) is 4.05. The first-order valence-corrected chi connectivity index (χ1v) is 6.77. The van der Waals surface area contributed by atoms with Gasteiger partial charge >= 0.3 is 0 Å². The van der Waals surface area contributed by atoms with Crippen molar-refractivity contribution in [2.24, 2.45) is 0 Å². The molecule has 2 aliphatic rings. The average Bonchev–Trinajstić information content (AvgIpc) is 2.29. The lowest BCUT2D eigenvalue weighted by molar-refractivity contribution is 0.0364. The Kier molecular flexibility index (Phi) is 3.88. The Hall–Kier alpha value is -0.120. The van der Waals surface area contributed by atoms with Crippen LogP contribution in [-0.4, -0.2) is 60.6 Å². The molecule has 0 aromatic carbocycles. The second kappa shape index (κ2) is 5.03. The molecule has 0 radical (unpaired) electrons. The van der Waals surface area contributed by atoms with Crippen molar-refractivity contribution < 1.29 is 0 Å². The quantitative estimate of drug-likeness (QED) is 0.722. The van der Waals surface area contributed by atoms with Gasteiger partial charge in [-0.25, -0.2) is 0 Å². The third-order valence-electron chi connectivity index (χ3n) is 4.05. The molecule has 1 N–H and O–H groups in total. The van der Waals surface area contributed by atoms with E-state index >= 15 is 0 Å². The van der Waals surface area contributed by atoms with E-state index in [-0.39, 0.29) is 0 Å². The highest BCUT2D eigenvalue weighted by Crippen LogP contribution is 2.18. The van der Waals surface area contributed by atoms with Crippen LogP contribution in [0.5, 0.6) is 0 Å². The molecule has 16 heavy (non-hydrogen) atoms. The minimum atomic E-state index is 0.344. The zero-order valence-electron chi connectivity index (χ0n) is 11.1. The van der Waals surface area contributed by atoms with Gasteiger partial charge in [0.25, 0.3) is 0 Å². The lowest BCUT2D eigenvalue weighted by Crippen LogP contribution is -2.57. The molecule has 2 rings (SSSR count). The first-order valence-electron chi connectivity index (χ1n) is 6.77. The first kappa shape index (κ1) is 12.3. The summed E-state index contributed by atoms with van der Waals surface area (Å²) >= 11 is 0. The van der Waals surface area contributed by atoms with Gasteiger partial charge in [-0.15, -0.1) is 0 Å². The van der Waals surface area contributed by atoms with Crippen LogP contribution in [0.3, 0.4) is 0 Å². The Morgan fingerprint density at radius 3 is 2.25 bits per heavy atom. The fourth-order valence-corrected chi connectivity index (χ4v) is 2.90. The summed E-state index contributed by atoms with van der Waals surface area (Å²) in [5, 5.41) is 3.52. The van der Waals surface area contributed by atoms with Gasteiger partial charge in [0, 0.05) is 44.3 Å². The Labute approximate surface area is 100 Å². The number of hydrogen-bond acceptors (Lipinski definition) is 3. The minimum absolute atomic E-state index is 0.344. The SMILES string of the molecule is CC(C)(C)N1CCN(C2CCCNC2)CC1. The summed E-state index contributed by atoms with van der Waals surface area (Å²) in [6.07, 6.45) is 2.74. The van der Waals surface area contributed by atoms with Crippen LogP contribution in [0.2, 0.25) is 0 Å². The summed E-state index contributed by atoms with van der Waals surface area (Å²) < 4.78 is 0. The predicted molar refractivity (Wildman–Crippen MR) is 68.8 cm³/mol. The van der Waals surface area contributed by atoms with Crippen molar-refractivity contribution in [2.45, 2.75) is 45.2 Å². The van der Waals surface area contributed by atoms with Crippen LogP contribution in [0.4, 0.5) is 0 Å². The van der Waals surface area contributed by atoms with Crippen LogP contribution in [0.25, 0.3) is 0 Å². The maximum Gasteiger partial charge on any atom is 0.0222 e. The second-order valence-corrected chi connectivity index (χ2v) is 6.19. The molecule has 3 nitrogen and oxygen atoms in total. The lowest BCUT2D eigenvalue weighted by Gasteiger charge is -2.45. The summed E-state index contributed by atoms with van der Waals surface area (Å²) in [7, 11) is 0. The van der Waals surface area contributed by atoms with E-state index in [1.165, 1.54) is 52.1 Å². The van der Waals surface area contributed by atoms with E-state index in [4.69, 9.17) is 0 Å². The molecule has 0 amide bonds. The summed E-state index contributed by atoms with van der Waals surface area (Å²) in [4.78, 5) is 5.30. The van der Waals surface area contributed by atoms with E-state index in [1.807, 2.05) is 0 Å². The Morgan fingerprint density at radius 1 is 1.06 bits per heavy atom. The van der Waals surface area contributed by atoms with E-state index in [0.29, 0.717) is 5.54 Å². The zero-order chi connectivity index (χ0) is 11.6. The van der Waals surface area contributed by atoms with Crippen molar-refractivity contribution in [1.82, 2.24) is 15.1 Å². The molecule has 0 bridgehead atoms. The molecule has 0 saturated carbocycles. The fraction of sp³-hybridized carbons (Fsp3) is 1.00. The van der Waals surface area contributed by atoms with Gasteiger partial charge in [-0.05, 0) is 40.2 Å². The van der Waals surface area contributed by atoms with Crippen LogP contribution in [-0.2, 0) is 0 Å². The van der Waals surface area contributed by atoms with Gasteiger partial charge in [0.1, 0.15) is 0 Å². The molecule has 0 spiro atoms. The standard InChI is InChI=1S/C13H27N3/c1-13(2,3)16-9-7-15(8-10-16)12-5-4-6-14-11-12/h12,14H,4-11H2,1-3H3. The number of nitrogens with zero attached hydrogens (tertiary/aromatic N) is 2. The third kappa shape index (κ3) is 2.96. The molecule has 1 atom stereocenters. The molecule has 0 aromatic heterocycles. The lowest BCUT2D eigenvalue weighted by atomic mass is 10.0. The summed E-state index contributed by atoms with van der Waals surface area (Å²) in [5.41, 5.74) is 0.344. The van der Waals surface area contributed by atoms with Gasteiger partial charge < -0.3 is 5.32 Å². The van der Waals surface area contributed by atoms with Crippen molar-refractivity contribution in [3.05, 3.63) is 0 Å². The van der Waals surface area contributed by atoms with Crippen LogP contribution in [0, 0.1) is 0 Å². The van der Waals surface area contributed by atoms with Crippen molar-refractivity contribution in [3.8, 4) is 0 Å². The highest BCUT2D eigenvalue weighted by molar-refractivity contribution is 4.86. The van der Waals surface area contributed by atoms with Gasteiger partial charge in [0.15, 0.2) is 0 Å². The average molecular weight is 225 g/mol. The van der Waals surface area contributed by atoms with E-state index in [0.717, 1.165) is 6.04 Å². The molecule has 2 aliphatic heterocycles. The van der Waals surface area contributed by atoms with Crippen molar-refractivity contribution in [2.75, 3.05) is 39.3 Å². The molecule has 2 heterocycles. The van der Waals surface area contributed by atoms with Crippen molar-refractivity contribution in [1.29, 1.82) is 0 Å². The Morgan fingerprint density at radius 2 is 1.75 bits per heavy atom. The molecule has 0 aliphatic carbocycles. The van der Waals surface area contributed by atoms with Crippen LogP contribution < -0.4 is 5.32 Å². The van der Waals surface area contributed by atoms with E-state index in [9.17, 15) is 0 Å². The normalized spacial score (nSPS) is 30.6. The maximum absolute atomic E-state index is 3.52. The Balaban J connectivity index is 1.80. The van der Waals surface area contributed by atoms with Gasteiger partial charge in [0.05, 0.1) is 0 Å². The number of piperidine rings is 1. The number of nitrogens with one attached hydrogen (secondary N) is 1. The van der Waals surface area contributed by atoms with Crippen LogP contribution in [0.15, 0.2) is 0 Å². The van der Waals surface area contributed by atoms with Crippen LogP contribution in [0.1, 0.15) is 33.6 Å². The van der Waals surface area contributed by atoms with Crippen molar-refractivity contribution in [3.63, 3.8) is 0 Å². The van der Waals surface area contributed by atoms with E-state index in [2.05, 4.69) is 35.9 Å². The number of hydrogen-bond donors (Lipinski definition) is 1. The first-order chi connectivity index (χ1) is 7.57. The Bertz CT molecular complexity index is 208. The number of piperazine rings is 1. The van der Waals surface area contributed by atoms with Gasteiger partial charge in [-0.2, -0.15) is 0 Å². The topological polar surface area (TPSA) is 18.5 Å². The molecule has 0 aromatic rings. The van der Waals surface area contributed by atoms with Gasteiger partial charge in [-0.3, -0.25) is 9.80 Å². The molecule has 3 heteroatoms. The van der Waals surface area contributed by atoms with Gasteiger partial charge in [-0.1, -0.05) is 0 Å². The summed E-state index contributed by atoms with van der Waals surface area (Å²) in [6, 6.07) is 0.802. The largest absolute Gasteiger partial charge is 0.315 e. The summed E-state index contributed by atoms with van der Waals surface area (Å²) in [5.74, 6) is 0. The molecule has 1 unspecified atom stereocenters. The molecular weight excluding hydrogens is 198 g/mol. The highest BCUT2D eigenvalue weighted by Gasteiger charge is 2.29. The maximum atomic E-state index is 3.52. The van der Waals surface area contributed by atoms with Crippen LogP contribution >= 0.6 is 0 Å². The number of rotatable bonds is 1.